The van der Waals surface area contributed by atoms with E-state index in [9.17, 15) is 4.79 Å². The first kappa shape index (κ1) is 19.2. The lowest BCUT2D eigenvalue weighted by Gasteiger charge is -2.25. The lowest BCUT2D eigenvalue weighted by Crippen LogP contribution is -2.38. The third kappa shape index (κ3) is 4.56. The molecule has 5 heteroatoms. The quantitative estimate of drug-likeness (QED) is 0.549. The molecule has 0 amide bonds. The SMILES string of the molecule is CCCCCCCCCCc1cc2cn(C3(C)CCCO3)c(=O)nc2o1. The Labute approximate surface area is 155 Å². The standard InChI is InChI=1S/C21H32N2O3/c1-3-4-5-6-7-8-9-10-12-18-15-17-16-23(20(24)22-19(17)26-18)21(2)13-11-14-25-21/h15-16H,3-14H2,1-2H3. The van der Waals surface area contributed by atoms with Gasteiger partial charge in [0.25, 0.3) is 0 Å². The molecular formula is C21H32N2O3. The summed E-state index contributed by atoms with van der Waals surface area (Å²) in [6.07, 6.45) is 14.9. The Bertz CT molecular complexity index is 756. The zero-order chi connectivity index (χ0) is 18.4. The molecule has 26 heavy (non-hydrogen) atoms. The number of nitrogens with zero attached hydrogens (tertiary/aromatic N) is 2. The Morgan fingerprint density at radius 1 is 1.15 bits per heavy atom. The maximum Gasteiger partial charge on any atom is 0.353 e. The fourth-order valence-corrected chi connectivity index (χ4v) is 3.81. The number of ether oxygens (including phenoxy) is 1. The van der Waals surface area contributed by atoms with Gasteiger partial charge in [-0.1, -0.05) is 51.9 Å². The van der Waals surface area contributed by atoms with Crippen LogP contribution in [0.3, 0.4) is 0 Å². The largest absolute Gasteiger partial charge is 0.443 e. The van der Waals surface area contributed by atoms with Gasteiger partial charge in [0, 0.05) is 19.2 Å². The summed E-state index contributed by atoms with van der Waals surface area (Å²) >= 11 is 0. The van der Waals surface area contributed by atoms with E-state index in [1.54, 1.807) is 4.57 Å². The van der Waals surface area contributed by atoms with Gasteiger partial charge in [0.1, 0.15) is 11.5 Å². The summed E-state index contributed by atoms with van der Waals surface area (Å²) in [5, 5.41) is 0.885. The summed E-state index contributed by atoms with van der Waals surface area (Å²) in [6.45, 7) is 4.90. The topological polar surface area (TPSA) is 57.3 Å². The summed E-state index contributed by atoms with van der Waals surface area (Å²) in [4.78, 5) is 16.5. The molecule has 0 N–H and O–H groups in total. The van der Waals surface area contributed by atoms with E-state index in [1.807, 2.05) is 19.2 Å². The molecule has 3 rings (SSSR count). The molecule has 0 spiro atoms. The van der Waals surface area contributed by atoms with Crippen molar-refractivity contribution in [2.45, 2.75) is 90.2 Å². The predicted octanol–water partition coefficient (Wildman–Crippen LogP) is 5.16. The monoisotopic (exact) mass is 360 g/mol. The van der Waals surface area contributed by atoms with E-state index >= 15 is 0 Å². The van der Waals surface area contributed by atoms with Crippen molar-refractivity contribution < 1.29 is 9.15 Å². The Hall–Kier alpha value is -1.62. The Balaban J connectivity index is 1.55. The van der Waals surface area contributed by atoms with Crippen molar-refractivity contribution in [3.8, 4) is 0 Å². The minimum atomic E-state index is -0.576. The van der Waals surface area contributed by atoms with E-state index in [4.69, 9.17) is 9.15 Å². The van der Waals surface area contributed by atoms with Crippen LogP contribution in [0.15, 0.2) is 21.5 Å². The van der Waals surface area contributed by atoms with E-state index in [0.717, 1.165) is 36.8 Å². The van der Waals surface area contributed by atoms with Crippen LogP contribution in [0.5, 0.6) is 0 Å². The molecule has 1 aliphatic heterocycles. The second-order valence-electron chi connectivity index (χ2n) is 7.72. The molecule has 1 unspecified atom stereocenters. The van der Waals surface area contributed by atoms with Gasteiger partial charge in [0.05, 0.1) is 5.39 Å². The predicted molar refractivity (Wildman–Crippen MR) is 103 cm³/mol. The van der Waals surface area contributed by atoms with Crippen molar-refractivity contribution >= 4 is 11.1 Å². The van der Waals surface area contributed by atoms with Crippen LogP contribution in [0.25, 0.3) is 11.1 Å². The maximum absolute atomic E-state index is 12.4. The highest BCUT2D eigenvalue weighted by Crippen LogP contribution is 2.30. The minimum absolute atomic E-state index is 0.296. The Morgan fingerprint density at radius 2 is 1.88 bits per heavy atom. The minimum Gasteiger partial charge on any atom is -0.443 e. The molecule has 2 aromatic rings. The highest BCUT2D eigenvalue weighted by molar-refractivity contribution is 5.72. The van der Waals surface area contributed by atoms with Crippen LogP contribution in [-0.2, 0) is 16.9 Å². The zero-order valence-electron chi connectivity index (χ0n) is 16.3. The first-order valence-electron chi connectivity index (χ1n) is 10.3. The molecule has 144 valence electrons. The van der Waals surface area contributed by atoms with Crippen LogP contribution in [0, 0.1) is 0 Å². The average molecular weight is 360 g/mol. The van der Waals surface area contributed by atoms with E-state index in [-0.39, 0.29) is 5.69 Å². The number of unbranched alkanes of at least 4 members (excludes halogenated alkanes) is 7. The van der Waals surface area contributed by atoms with Gasteiger partial charge in [-0.25, -0.2) is 4.79 Å². The van der Waals surface area contributed by atoms with E-state index in [2.05, 4.69) is 11.9 Å². The molecule has 1 aliphatic rings. The maximum atomic E-state index is 12.4. The summed E-state index contributed by atoms with van der Waals surface area (Å²) in [5.41, 5.74) is -0.426. The molecule has 2 aromatic heterocycles. The van der Waals surface area contributed by atoms with Crippen LogP contribution < -0.4 is 5.69 Å². The van der Waals surface area contributed by atoms with Gasteiger partial charge >= 0.3 is 5.69 Å². The number of fused-ring (bicyclic) bond motifs is 1. The zero-order valence-corrected chi connectivity index (χ0v) is 16.3. The fraction of sp³-hybridized carbons (Fsp3) is 0.714. The first-order chi connectivity index (χ1) is 12.6. The second-order valence-corrected chi connectivity index (χ2v) is 7.72. The van der Waals surface area contributed by atoms with E-state index in [0.29, 0.717) is 12.3 Å². The molecule has 3 heterocycles. The van der Waals surface area contributed by atoms with Crippen molar-refractivity contribution in [3.63, 3.8) is 0 Å². The van der Waals surface area contributed by atoms with Crippen molar-refractivity contribution in [2.75, 3.05) is 6.61 Å². The second kappa shape index (κ2) is 8.85. The van der Waals surface area contributed by atoms with Gasteiger partial charge in [-0.15, -0.1) is 0 Å². The average Bonchev–Trinajstić information content (AvgIpc) is 3.22. The molecule has 5 nitrogen and oxygen atoms in total. The molecule has 1 saturated heterocycles. The summed E-state index contributed by atoms with van der Waals surface area (Å²) in [7, 11) is 0. The normalized spacial score (nSPS) is 20.2. The Kier molecular flexibility index (Phi) is 6.52. The number of aromatic nitrogens is 2. The lowest BCUT2D eigenvalue weighted by molar-refractivity contribution is -0.0492. The van der Waals surface area contributed by atoms with Crippen molar-refractivity contribution in [2.24, 2.45) is 0 Å². The summed E-state index contributed by atoms with van der Waals surface area (Å²) < 4.78 is 13.2. The molecule has 0 aliphatic carbocycles. The van der Waals surface area contributed by atoms with Gasteiger partial charge in [0.15, 0.2) is 0 Å². The van der Waals surface area contributed by atoms with Crippen LogP contribution in [0.4, 0.5) is 0 Å². The van der Waals surface area contributed by atoms with Crippen LogP contribution in [0.1, 0.15) is 83.8 Å². The number of hydrogen-bond acceptors (Lipinski definition) is 4. The summed E-state index contributed by atoms with van der Waals surface area (Å²) in [5.74, 6) is 0.924. The Morgan fingerprint density at radius 3 is 2.58 bits per heavy atom. The number of furan rings is 1. The number of rotatable bonds is 10. The highest BCUT2D eigenvalue weighted by atomic mass is 16.5. The smallest absolute Gasteiger partial charge is 0.353 e. The van der Waals surface area contributed by atoms with Gasteiger partial charge in [-0.05, 0) is 32.3 Å². The van der Waals surface area contributed by atoms with Crippen molar-refractivity contribution in [1.29, 1.82) is 0 Å². The van der Waals surface area contributed by atoms with Crippen molar-refractivity contribution in [3.05, 3.63) is 28.5 Å². The van der Waals surface area contributed by atoms with Crippen LogP contribution in [-0.4, -0.2) is 16.2 Å². The van der Waals surface area contributed by atoms with Gasteiger partial charge in [0.2, 0.25) is 5.71 Å². The molecule has 0 radical (unpaired) electrons. The van der Waals surface area contributed by atoms with E-state index < -0.39 is 5.72 Å². The molecule has 0 aromatic carbocycles. The third-order valence-electron chi connectivity index (χ3n) is 5.45. The van der Waals surface area contributed by atoms with Crippen molar-refractivity contribution in [1.82, 2.24) is 9.55 Å². The highest BCUT2D eigenvalue weighted by Gasteiger charge is 2.33. The summed E-state index contributed by atoms with van der Waals surface area (Å²) in [6, 6.07) is 2.03. The lowest BCUT2D eigenvalue weighted by atomic mass is 10.1. The fourth-order valence-electron chi connectivity index (χ4n) is 3.81. The number of aryl methyl sites for hydroxylation is 1. The number of hydrogen-bond donors (Lipinski definition) is 0. The molecular weight excluding hydrogens is 328 g/mol. The third-order valence-corrected chi connectivity index (χ3v) is 5.45. The van der Waals surface area contributed by atoms with Gasteiger partial charge in [-0.3, -0.25) is 4.57 Å². The van der Waals surface area contributed by atoms with Crippen LogP contribution >= 0.6 is 0 Å². The molecule has 1 atom stereocenters. The van der Waals surface area contributed by atoms with Crippen LogP contribution in [0.2, 0.25) is 0 Å². The molecule has 0 saturated carbocycles. The van der Waals surface area contributed by atoms with E-state index in [1.165, 1.54) is 44.9 Å². The van der Waals surface area contributed by atoms with Gasteiger partial charge < -0.3 is 9.15 Å². The first-order valence-corrected chi connectivity index (χ1v) is 10.3. The molecule has 1 fully saturated rings. The molecule has 0 bridgehead atoms. The van der Waals surface area contributed by atoms with Gasteiger partial charge in [-0.2, -0.15) is 4.98 Å².